The summed E-state index contributed by atoms with van der Waals surface area (Å²) in [5, 5.41) is 0. The van der Waals surface area contributed by atoms with Gasteiger partial charge in [-0.15, -0.1) is 0 Å². The van der Waals surface area contributed by atoms with Crippen molar-refractivity contribution in [2.75, 3.05) is 13.1 Å². The Hall–Kier alpha value is -0.860. The number of carbonyl (C=O) groups excluding carboxylic acids is 1. The highest BCUT2D eigenvalue weighted by molar-refractivity contribution is 5.81. The molecule has 1 aliphatic heterocycles. The van der Waals surface area contributed by atoms with E-state index in [4.69, 9.17) is 0 Å². The van der Waals surface area contributed by atoms with Gasteiger partial charge in [0.1, 0.15) is 0 Å². The highest BCUT2D eigenvalue weighted by Crippen LogP contribution is 2.12. The number of alkyl halides is 1. The van der Waals surface area contributed by atoms with E-state index in [1.54, 1.807) is 18.7 Å². The first kappa shape index (κ1) is 10.2. The smallest absolute Gasteiger partial charge is 0.257 e. The van der Waals surface area contributed by atoms with Crippen molar-refractivity contribution in [2.45, 2.75) is 26.4 Å². The Morgan fingerprint density at radius 2 is 2.15 bits per heavy atom. The summed E-state index contributed by atoms with van der Waals surface area (Å²) in [6, 6.07) is 0. The maximum Gasteiger partial charge on any atom is 0.257 e. The Kier molecular flexibility index (Phi) is 3.46. The van der Waals surface area contributed by atoms with Crippen LogP contribution in [-0.4, -0.2) is 30.1 Å². The van der Waals surface area contributed by atoms with Crippen LogP contribution >= 0.6 is 0 Å². The van der Waals surface area contributed by atoms with E-state index in [-0.39, 0.29) is 11.8 Å². The number of hydrogen-bond donors (Lipinski definition) is 0. The molecule has 1 unspecified atom stereocenters. The molecule has 74 valence electrons. The summed E-state index contributed by atoms with van der Waals surface area (Å²) >= 11 is 0. The normalized spacial score (nSPS) is 19.2. The van der Waals surface area contributed by atoms with Crippen LogP contribution in [0.25, 0.3) is 0 Å². The van der Waals surface area contributed by atoms with Crippen molar-refractivity contribution in [3.8, 4) is 0 Å². The van der Waals surface area contributed by atoms with Crippen molar-refractivity contribution >= 4 is 5.91 Å². The molecule has 0 spiro atoms. The highest BCUT2D eigenvalue weighted by Gasteiger charge is 2.26. The van der Waals surface area contributed by atoms with E-state index in [0.29, 0.717) is 13.1 Å². The third-order valence-electron chi connectivity index (χ3n) is 2.19. The SMILES string of the molecule is CC(C)C(F)C(=O)N1CC=CCC1. The predicted octanol–water partition coefficient (Wildman–Crippen LogP) is 1.77. The van der Waals surface area contributed by atoms with Crippen LogP contribution in [0.5, 0.6) is 0 Å². The summed E-state index contributed by atoms with van der Waals surface area (Å²) in [7, 11) is 0. The zero-order chi connectivity index (χ0) is 9.84. The standard InChI is InChI=1S/C10H16FNO/c1-8(2)9(11)10(13)12-6-4-3-5-7-12/h3-4,8-9H,5-7H2,1-2H3. The summed E-state index contributed by atoms with van der Waals surface area (Å²) < 4.78 is 13.3. The molecule has 0 saturated carbocycles. The number of amides is 1. The lowest BCUT2D eigenvalue weighted by molar-refractivity contribution is -0.137. The monoisotopic (exact) mass is 185 g/mol. The number of halogens is 1. The molecule has 1 aliphatic rings. The molecule has 0 aromatic rings. The van der Waals surface area contributed by atoms with Gasteiger partial charge in [0.25, 0.3) is 5.91 Å². The van der Waals surface area contributed by atoms with Crippen molar-refractivity contribution in [2.24, 2.45) is 5.92 Å². The first-order valence-corrected chi connectivity index (χ1v) is 4.70. The quantitative estimate of drug-likeness (QED) is 0.600. The van der Waals surface area contributed by atoms with Gasteiger partial charge in [0.2, 0.25) is 0 Å². The fraction of sp³-hybridized carbons (Fsp3) is 0.700. The molecule has 0 N–H and O–H groups in total. The third kappa shape index (κ3) is 2.54. The maximum absolute atomic E-state index is 13.3. The molecule has 0 saturated heterocycles. The van der Waals surface area contributed by atoms with E-state index in [2.05, 4.69) is 0 Å². The summed E-state index contributed by atoms with van der Waals surface area (Å²) in [4.78, 5) is 13.0. The second kappa shape index (κ2) is 4.40. The van der Waals surface area contributed by atoms with E-state index in [1.165, 1.54) is 0 Å². The number of rotatable bonds is 2. The third-order valence-corrected chi connectivity index (χ3v) is 2.19. The van der Waals surface area contributed by atoms with Crippen molar-refractivity contribution in [1.29, 1.82) is 0 Å². The lowest BCUT2D eigenvalue weighted by atomic mass is 10.1. The molecule has 13 heavy (non-hydrogen) atoms. The molecule has 0 radical (unpaired) electrons. The number of carbonyl (C=O) groups is 1. The van der Waals surface area contributed by atoms with Gasteiger partial charge < -0.3 is 4.90 Å². The summed E-state index contributed by atoms with van der Waals surface area (Å²) in [6.45, 7) is 4.67. The first-order valence-electron chi connectivity index (χ1n) is 4.70. The Balaban J connectivity index is 2.51. The second-order valence-electron chi connectivity index (χ2n) is 3.69. The molecule has 0 aromatic heterocycles. The van der Waals surface area contributed by atoms with Crippen LogP contribution in [0.2, 0.25) is 0 Å². The Morgan fingerprint density at radius 3 is 2.62 bits per heavy atom. The van der Waals surface area contributed by atoms with Crippen LogP contribution in [0.15, 0.2) is 12.2 Å². The van der Waals surface area contributed by atoms with Gasteiger partial charge in [0.05, 0.1) is 0 Å². The average Bonchev–Trinajstić information content (AvgIpc) is 2.17. The Labute approximate surface area is 78.4 Å². The molecule has 0 aromatic carbocycles. The molecule has 2 nitrogen and oxygen atoms in total. The molecule has 3 heteroatoms. The lowest BCUT2D eigenvalue weighted by Gasteiger charge is -2.26. The lowest BCUT2D eigenvalue weighted by Crippen LogP contribution is -2.41. The zero-order valence-corrected chi connectivity index (χ0v) is 8.16. The van der Waals surface area contributed by atoms with Gasteiger partial charge in [-0.05, 0) is 12.3 Å². The Morgan fingerprint density at radius 1 is 1.46 bits per heavy atom. The van der Waals surface area contributed by atoms with Crippen molar-refractivity contribution in [3.63, 3.8) is 0 Å². The molecule has 0 aliphatic carbocycles. The second-order valence-corrected chi connectivity index (χ2v) is 3.69. The fourth-order valence-electron chi connectivity index (χ4n) is 1.30. The maximum atomic E-state index is 13.3. The number of hydrogen-bond acceptors (Lipinski definition) is 1. The molecule has 1 rings (SSSR count). The minimum absolute atomic E-state index is 0.224. The topological polar surface area (TPSA) is 20.3 Å². The van der Waals surface area contributed by atoms with Crippen LogP contribution in [0, 0.1) is 5.92 Å². The van der Waals surface area contributed by atoms with E-state index in [0.717, 1.165) is 6.42 Å². The van der Waals surface area contributed by atoms with Crippen LogP contribution in [0.4, 0.5) is 4.39 Å². The predicted molar refractivity (Wildman–Crippen MR) is 50.1 cm³/mol. The molecule has 0 bridgehead atoms. The van der Waals surface area contributed by atoms with Gasteiger partial charge in [-0.2, -0.15) is 0 Å². The van der Waals surface area contributed by atoms with Crippen LogP contribution in [0.3, 0.4) is 0 Å². The van der Waals surface area contributed by atoms with Gasteiger partial charge in [-0.1, -0.05) is 26.0 Å². The largest absolute Gasteiger partial charge is 0.336 e. The van der Waals surface area contributed by atoms with Crippen molar-refractivity contribution < 1.29 is 9.18 Å². The highest BCUT2D eigenvalue weighted by atomic mass is 19.1. The molecule has 1 amide bonds. The minimum atomic E-state index is -1.34. The van der Waals surface area contributed by atoms with Gasteiger partial charge in [0.15, 0.2) is 6.17 Å². The van der Waals surface area contributed by atoms with Crippen LogP contribution in [0.1, 0.15) is 20.3 Å². The minimum Gasteiger partial charge on any atom is -0.336 e. The average molecular weight is 185 g/mol. The van der Waals surface area contributed by atoms with E-state index < -0.39 is 6.17 Å². The van der Waals surface area contributed by atoms with E-state index in [9.17, 15) is 9.18 Å². The van der Waals surface area contributed by atoms with Gasteiger partial charge in [-0.25, -0.2) is 4.39 Å². The molecular weight excluding hydrogens is 169 g/mol. The molecular formula is C10H16FNO. The van der Waals surface area contributed by atoms with Crippen molar-refractivity contribution in [3.05, 3.63) is 12.2 Å². The fourth-order valence-corrected chi connectivity index (χ4v) is 1.30. The molecule has 0 fully saturated rings. The summed E-state index contributed by atoms with van der Waals surface area (Å²) in [6.07, 6.45) is 3.43. The molecule has 1 heterocycles. The zero-order valence-electron chi connectivity index (χ0n) is 8.16. The van der Waals surface area contributed by atoms with Crippen molar-refractivity contribution in [1.82, 2.24) is 4.90 Å². The van der Waals surface area contributed by atoms with Crippen LogP contribution in [-0.2, 0) is 4.79 Å². The molecule has 1 atom stereocenters. The van der Waals surface area contributed by atoms with Gasteiger partial charge in [0, 0.05) is 13.1 Å². The van der Waals surface area contributed by atoms with E-state index in [1.807, 2.05) is 12.2 Å². The van der Waals surface area contributed by atoms with Crippen LogP contribution < -0.4 is 0 Å². The van der Waals surface area contributed by atoms with E-state index >= 15 is 0 Å². The number of nitrogens with zero attached hydrogens (tertiary/aromatic N) is 1. The van der Waals surface area contributed by atoms with Gasteiger partial charge >= 0.3 is 0 Å². The first-order chi connectivity index (χ1) is 6.13. The Bertz CT molecular complexity index is 213. The summed E-state index contributed by atoms with van der Waals surface area (Å²) in [5.41, 5.74) is 0. The van der Waals surface area contributed by atoms with Gasteiger partial charge in [-0.3, -0.25) is 4.79 Å². The summed E-state index contributed by atoms with van der Waals surface area (Å²) in [5.74, 6) is -0.585.